The molecule has 0 spiro atoms. The van der Waals surface area contributed by atoms with E-state index in [4.69, 9.17) is 11.6 Å². The molecule has 1 N–H and O–H groups in total. The Morgan fingerprint density at radius 2 is 2.14 bits per heavy atom. The Kier molecular flexibility index (Phi) is 3.79. The van der Waals surface area contributed by atoms with Crippen LogP contribution in [0.3, 0.4) is 0 Å². The lowest BCUT2D eigenvalue weighted by Crippen LogP contribution is -2.15. The van der Waals surface area contributed by atoms with Gasteiger partial charge in [-0.05, 0) is 28.1 Å². The van der Waals surface area contributed by atoms with Crippen molar-refractivity contribution >= 4 is 44.8 Å². The van der Waals surface area contributed by atoms with Crippen molar-refractivity contribution in [2.45, 2.75) is 0 Å². The number of fused-ring (bicyclic) bond motifs is 1. The van der Waals surface area contributed by atoms with Crippen molar-refractivity contribution in [3.05, 3.63) is 57.4 Å². The minimum Gasteiger partial charge on any atom is -0.317 e. The van der Waals surface area contributed by atoms with Crippen molar-refractivity contribution in [2.24, 2.45) is 0 Å². The van der Waals surface area contributed by atoms with Crippen molar-refractivity contribution in [3.8, 4) is 0 Å². The van der Waals surface area contributed by atoms with Crippen LogP contribution in [0.4, 0.5) is 14.5 Å². The molecular weight excluding hydrogens is 382 g/mol. The number of halogens is 4. The highest BCUT2D eigenvalue weighted by Crippen LogP contribution is 2.28. The van der Waals surface area contributed by atoms with Gasteiger partial charge in [0.2, 0.25) is 0 Å². The minimum atomic E-state index is -0.918. The molecule has 3 rings (SSSR count). The van der Waals surface area contributed by atoms with Gasteiger partial charge >= 0.3 is 0 Å². The number of carbonyl (C=O) groups is 1. The second-order valence-electron chi connectivity index (χ2n) is 4.25. The molecule has 0 aliphatic heterocycles. The van der Waals surface area contributed by atoms with Crippen LogP contribution in [0.25, 0.3) is 5.65 Å². The number of nitrogens with one attached hydrogen (secondary N) is 1. The van der Waals surface area contributed by atoms with Crippen molar-refractivity contribution < 1.29 is 13.6 Å². The lowest BCUT2D eigenvalue weighted by atomic mass is 10.3. The van der Waals surface area contributed by atoms with Gasteiger partial charge in [-0.15, -0.1) is 0 Å². The summed E-state index contributed by atoms with van der Waals surface area (Å²) in [5.41, 5.74) is -0.0172. The lowest BCUT2D eigenvalue weighted by molar-refractivity contribution is 0.102. The number of carbonyl (C=O) groups excluding carboxylic acids is 1. The summed E-state index contributed by atoms with van der Waals surface area (Å²) in [5, 5.41) is 6.33. The molecule has 1 aromatic carbocycles. The summed E-state index contributed by atoms with van der Waals surface area (Å²) in [6.45, 7) is 0. The second-order valence-corrected chi connectivity index (χ2v) is 5.48. The lowest BCUT2D eigenvalue weighted by Gasteiger charge is -2.07. The van der Waals surface area contributed by atoms with Gasteiger partial charge in [0.1, 0.15) is 10.8 Å². The van der Waals surface area contributed by atoms with Crippen LogP contribution in [-0.4, -0.2) is 20.5 Å². The molecule has 5 nitrogen and oxygen atoms in total. The van der Waals surface area contributed by atoms with E-state index < -0.39 is 17.5 Å². The Balaban J connectivity index is 1.99. The number of hydrogen-bond donors (Lipinski definition) is 1. The van der Waals surface area contributed by atoms with Crippen LogP contribution >= 0.6 is 27.5 Å². The van der Waals surface area contributed by atoms with E-state index in [0.29, 0.717) is 11.7 Å². The summed E-state index contributed by atoms with van der Waals surface area (Å²) in [4.78, 5) is 16.2. The number of amides is 1. The van der Waals surface area contributed by atoms with Crippen LogP contribution in [0, 0.1) is 11.6 Å². The molecule has 0 saturated heterocycles. The van der Waals surface area contributed by atoms with Crippen LogP contribution in [-0.2, 0) is 0 Å². The summed E-state index contributed by atoms with van der Waals surface area (Å²) in [7, 11) is 0. The molecule has 0 unspecified atom stereocenters. The Hall–Kier alpha value is -2.06. The van der Waals surface area contributed by atoms with E-state index in [9.17, 15) is 13.6 Å². The summed E-state index contributed by atoms with van der Waals surface area (Å²) in [5.74, 6) is -2.42. The van der Waals surface area contributed by atoms with Gasteiger partial charge in [-0.3, -0.25) is 4.79 Å². The van der Waals surface area contributed by atoms with Gasteiger partial charge < -0.3 is 5.32 Å². The molecule has 2 heterocycles. The molecule has 9 heteroatoms. The fourth-order valence-electron chi connectivity index (χ4n) is 1.84. The van der Waals surface area contributed by atoms with E-state index in [2.05, 4.69) is 31.3 Å². The zero-order chi connectivity index (χ0) is 15.9. The molecule has 22 heavy (non-hydrogen) atoms. The highest BCUT2D eigenvalue weighted by molar-refractivity contribution is 9.10. The Morgan fingerprint density at radius 3 is 2.82 bits per heavy atom. The number of benzene rings is 1. The summed E-state index contributed by atoms with van der Waals surface area (Å²) in [6.07, 6.45) is 3.07. The average molecular weight is 388 g/mol. The zero-order valence-electron chi connectivity index (χ0n) is 10.6. The molecule has 0 radical (unpaired) electrons. The van der Waals surface area contributed by atoms with Gasteiger partial charge in [0.05, 0.1) is 5.69 Å². The maximum Gasteiger partial charge on any atom is 0.277 e. The summed E-state index contributed by atoms with van der Waals surface area (Å²) in [6, 6.07) is 3.31. The molecule has 112 valence electrons. The molecule has 1 amide bonds. The van der Waals surface area contributed by atoms with Gasteiger partial charge in [0.25, 0.3) is 5.91 Å². The maximum atomic E-state index is 13.7. The zero-order valence-corrected chi connectivity index (χ0v) is 13.0. The molecule has 3 aromatic rings. The highest BCUT2D eigenvalue weighted by Gasteiger charge is 2.21. The number of nitrogens with zero attached hydrogens (tertiary/aromatic N) is 3. The predicted molar refractivity (Wildman–Crippen MR) is 80.0 cm³/mol. The minimum absolute atomic E-state index is 0.0387. The first-order valence-corrected chi connectivity index (χ1v) is 7.09. The van der Waals surface area contributed by atoms with Gasteiger partial charge in [-0.1, -0.05) is 11.6 Å². The van der Waals surface area contributed by atoms with E-state index in [-0.39, 0.29) is 20.9 Å². The standard InChI is InChI=1S/C13H6BrClF2N4O/c14-7-4-6(16)5-8(17)10(7)19-13(22)11-9(15)12-18-2-1-3-21(12)20-11/h1-5H,(H,19,22). The predicted octanol–water partition coefficient (Wildman–Crippen LogP) is 3.68. The van der Waals surface area contributed by atoms with E-state index in [0.717, 1.165) is 6.07 Å². The third-order valence-corrected chi connectivity index (χ3v) is 3.77. The summed E-state index contributed by atoms with van der Waals surface area (Å²) >= 11 is 9.04. The topological polar surface area (TPSA) is 59.3 Å². The molecule has 0 fully saturated rings. The van der Waals surface area contributed by atoms with Crippen LogP contribution in [0.5, 0.6) is 0 Å². The quantitative estimate of drug-likeness (QED) is 0.730. The van der Waals surface area contributed by atoms with E-state index in [1.54, 1.807) is 12.3 Å². The molecule has 2 aromatic heterocycles. The van der Waals surface area contributed by atoms with Gasteiger partial charge in [-0.25, -0.2) is 18.3 Å². The third-order valence-electron chi connectivity index (χ3n) is 2.80. The Morgan fingerprint density at radius 1 is 1.36 bits per heavy atom. The first-order valence-electron chi connectivity index (χ1n) is 5.92. The first-order chi connectivity index (χ1) is 10.5. The number of aromatic nitrogens is 3. The number of hydrogen-bond acceptors (Lipinski definition) is 3. The largest absolute Gasteiger partial charge is 0.317 e. The Labute approximate surface area is 136 Å². The summed E-state index contributed by atoms with van der Waals surface area (Å²) < 4.78 is 28.2. The van der Waals surface area contributed by atoms with Crippen molar-refractivity contribution in [3.63, 3.8) is 0 Å². The monoisotopic (exact) mass is 386 g/mol. The first kappa shape index (κ1) is 14.9. The smallest absolute Gasteiger partial charge is 0.277 e. The van der Waals surface area contributed by atoms with Gasteiger partial charge in [-0.2, -0.15) is 5.10 Å². The normalized spacial score (nSPS) is 10.9. The molecule has 0 bridgehead atoms. The molecule has 0 aliphatic rings. The fraction of sp³-hybridized carbons (Fsp3) is 0. The van der Waals surface area contributed by atoms with E-state index >= 15 is 0 Å². The van der Waals surface area contributed by atoms with Crippen LogP contribution in [0.1, 0.15) is 10.5 Å². The van der Waals surface area contributed by atoms with Gasteiger partial charge in [0.15, 0.2) is 17.2 Å². The Bertz CT molecular complexity index is 876. The van der Waals surface area contributed by atoms with Crippen LogP contribution in [0.2, 0.25) is 5.02 Å². The van der Waals surface area contributed by atoms with E-state index in [1.165, 1.54) is 10.7 Å². The third kappa shape index (κ3) is 2.55. The number of anilines is 1. The second kappa shape index (κ2) is 5.62. The molecule has 0 saturated carbocycles. The van der Waals surface area contributed by atoms with Gasteiger partial charge in [0, 0.05) is 22.9 Å². The van der Waals surface area contributed by atoms with Crippen molar-refractivity contribution in [2.75, 3.05) is 5.32 Å². The fourth-order valence-corrected chi connectivity index (χ4v) is 2.60. The highest BCUT2D eigenvalue weighted by atomic mass is 79.9. The number of rotatable bonds is 2. The van der Waals surface area contributed by atoms with Crippen LogP contribution < -0.4 is 5.32 Å². The molecular formula is C13H6BrClF2N4O. The van der Waals surface area contributed by atoms with Crippen molar-refractivity contribution in [1.29, 1.82) is 0 Å². The van der Waals surface area contributed by atoms with Crippen molar-refractivity contribution in [1.82, 2.24) is 14.6 Å². The van der Waals surface area contributed by atoms with E-state index in [1.807, 2.05) is 0 Å². The SMILES string of the molecule is O=C(Nc1c(F)cc(F)cc1Br)c1nn2cccnc2c1Cl. The maximum absolute atomic E-state index is 13.7. The van der Waals surface area contributed by atoms with Crippen LogP contribution in [0.15, 0.2) is 35.1 Å². The average Bonchev–Trinajstić information content (AvgIpc) is 2.80. The molecule has 0 aliphatic carbocycles. The molecule has 0 atom stereocenters.